The maximum atomic E-state index is 4.52. The van der Waals surface area contributed by atoms with E-state index >= 15 is 0 Å². The number of imidazole rings is 1. The molecule has 0 aliphatic carbocycles. The van der Waals surface area contributed by atoms with Crippen LogP contribution in [0.25, 0.3) is 0 Å². The van der Waals surface area contributed by atoms with Gasteiger partial charge in [0.1, 0.15) is 5.82 Å². The molecule has 0 bridgehead atoms. The maximum absolute atomic E-state index is 4.52. The molecule has 3 nitrogen and oxygen atoms in total. The van der Waals surface area contributed by atoms with Gasteiger partial charge in [-0.3, -0.25) is 4.31 Å². The van der Waals surface area contributed by atoms with E-state index in [0.29, 0.717) is 0 Å². The molecule has 74 valence electrons. The molecule has 1 aromatic rings. The molecule has 2 rings (SSSR count). The van der Waals surface area contributed by atoms with Gasteiger partial charge in [-0.25, -0.2) is 16.1 Å². The topological polar surface area (TPSA) is 21.1 Å². The van der Waals surface area contributed by atoms with Crippen LogP contribution < -0.4 is 0 Å². The molecule has 0 radical (unpaired) electrons. The first-order valence-corrected chi connectivity index (χ1v) is 6.80. The molecule has 1 aromatic heterocycles. The molecular weight excluding hydrogens is 182 g/mol. The minimum atomic E-state index is 0.0462. The molecule has 0 N–H and O–H groups in total. The van der Waals surface area contributed by atoms with Crippen molar-refractivity contribution in [1.29, 1.82) is 0 Å². The van der Waals surface area contributed by atoms with Gasteiger partial charge in [0, 0.05) is 19.3 Å². The quantitative estimate of drug-likeness (QED) is 0.686. The maximum Gasteiger partial charge on any atom is 0.124 e. The normalized spacial score (nSPS) is 18.5. The lowest BCUT2D eigenvalue weighted by atomic mass is 10.4. The number of hydrogen-bond acceptors (Lipinski definition) is 2. The lowest BCUT2D eigenvalue weighted by Gasteiger charge is -2.32. The highest BCUT2D eigenvalue weighted by Gasteiger charge is 2.17. The van der Waals surface area contributed by atoms with Gasteiger partial charge in [-0.2, -0.15) is 0 Å². The predicted molar refractivity (Wildman–Crippen MR) is 58.2 cm³/mol. The lowest BCUT2D eigenvalue weighted by Crippen LogP contribution is -2.30. The summed E-state index contributed by atoms with van der Waals surface area (Å²) in [6.45, 7) is 5.39. The highest BCUT2D eigenvalue weighted by molar-refractivity contribution is 8.13. The van der Waals surface area contributed by atoms with E-state index in [9.17, 15) is 0 Å². The van der Waals surface area contributed by atoms with Crippen molar-refractivity contribution in [1.82, 2.24) is 13.9 Å². The van der Waals surface area contributed by atoms with E-state index in [1.54, 1.807) is 0 Å². The largest absolute Gasteiger partial charge is 0.332 e. The van der Waals surface area contributed by atoms with Crippen LogP contribution in [0.2, 0.25) is 0 Å². The van der Waals surface area contributed by atoms with Crippen LogP contribution in [-0.2, 0) is 13.1 Å². The van der Waals surface area contributed by atoms with Crippen molar-refractivity contribution in [3.05, 3.63) is 17.7 Å². The fourth-order valence-corrected chi connectivity index (χ4v) is 2.62. The van der Waals surface area contributed by atoms with E-state index in [-0.39, 0.29) is 11.1 Å². The molecule has 0 amide bonds. The number of thiol groups is 1. The van der Waals surface area contributed by atoms with Gasteiger partial charge in [0.15, 0.2) is 0 Å². The zero-order chi connectivity index (χ0) is 9.42. The molecule has 0 spiro atoms. The average molecular weight is 199 g/mol. The van der Waals surface area contributed by atoms with E-state index in [1.165, 1.54) is 12.4 Å². The third kappa shape index (κ3) is 1.74. The van der Waals surface area contributed by atoms with E-state index in [1.807, 2.05) is 0 Å². The van der Waals surface area contributed by atoms with Crippen LogP contribution in [0, 0.1) is 6.92 Å². The van der Waals surface area contributed by atoms with Gasteiger partial charge in [0.25, 0.3) is 0 Å². The van der Waals surface area contributed by atoms with Crippen LogP contribution in [0.1, 0.15) is 11.5 Å². The van der Waals surface area contributed by atoms with Gasteiger partial charge >= 0.3 is 0 Å². The van der Waals surface area contributed by atoms with Crippen LogP contribution in [0.3, 0.4) is 0 Å². The Labute approximate surface area is 82.2 Å². The number of nitrogens with zero attached hydrogens (tertiary/aromatic N) is 3. The highest BCUT2D eigenvalue weighted by Crippen LogP contribution is 2.26. The molecule has 4 heteroatoms. The monoisotopic (exact) mass is 199 g/mol. The van der Waals surface area contributed by atoms with Gasteiger partial charge in [-0.15, -0.1) is 0 Å². The molecular formula is C9H17N3S. The number of aryl methyl sites for hydroxylation is 1. The molecule has 2 heterocycles. The number of hydrogen-bond donors (Lipinski definition) is 1. The molecule has 0 fully saturated rings. The SMILES string of the molecule is Cc1cn2c(n1)CN([SH](C)C)CC2. The van der Waals surface area contributed by atoms with E-state index in [4.69, 9.17) is 0 Å². The first-order chi connectivity index (χ1) is 6.16. The molecule has 0 saturated carbocycles. The van der Waals surface area contributed by atoms with Crippen molar-refractivity contribution in [3.8, 4) is 0 Å². The first-order valence-electron chi connectivity index (χ1n) is 4.61. The van der Waals surface area contributed by atoms with Crippen LogP contribution >= 0.6 is 11.1 Å². The molecule has 0 unspecified atom stereocenters. The van der Waals surface area contributed by atoms with Gasteiger partial charge < -0.3 is 4.57 Å². The van der Waals surface area contributed by atoms with Gasteiger partial charge in [-0.05, 0) is 19.4 Å². The summed E-state index contributed by atoms with van der Waals surface area (Å²) in [5, 5.41) is 0. The van der Waals surface area contributed by atoms with Crippen molar-refractivity contribution < 1.29 is 0 Å². The third-order valence-electron chi connectivity index (χ3n) is 2.47. The zero-order valence-corrected chi connectivity index (χ0v) is 9.38. The van der Waals surface area contributed by atoms with Gasteiger partial charge in [0.05, 0.1) is 12.2 Å². The summed E-state index contributed by atoms with van der Waals surface area (Å²) in [5.74, 6) is 1.24. The van der Waals surface area contributed by atoms with Gasteiger partial charge in [-0.1, -0.05) is 0 Å². The van der Waals surface area contributed by atoms with Crippen molar-refractivity contribution in [2.45, 2.75) is 20.0 Å². The van der Waals surface area contributed by atoms with Gasteiger partial charge in [0.2, 0.25) is 0 Å². The molecule has 13 heavy (non-hydrogen) atoms. The van der Waals surface area contributed by atoms with Crippen molar-refractivity contribution in [2.75, 3.05) is 19.1 Å². The molecule has 1 aliphatic rings. The Bertz CT molecular complexity index is 306. The van der Waals surface area contributed by atoms with Crippen molar-refractivity contribution in [3.63, 3.8) is 0 Å². The number of fused-ring (bicyclic) bond motifs is 1. The van der Waals surface area contributed by atoms with Crippen LogP contribution in [0.4, 0.5) is 0 Å². The highest BCUT2D eigenvalue weighted by atomic mass is 32.2. The summed E-state index contributed by atoms with van der Waals surface area (Å²) in [6, 6.07) is 0. The molecule has 0 aromatic carbocycles. The van der Waals surface area contributed by atoms with Crippen molar-refractivity contribution in [2.24, 2.45) is 0 Å². The summed E-state index contributed by atoms with van der Waals surface area (Å²) < 4.78 is 4.81. The average Bonchev–Trinajstić information content (AvgIpc) is 2.42. The van der Waals surface area contributed by atoms with E-state index in [0.717, 1.165) is 18.8 Å². The third-order valence-corrected chi connectivity index (χ3v) is 3.94. The lowest BCUT2D eigenvalue weighted by molar-refractivity contribution is 0.365. The van der Waals surface area contributed by atoms with Crippen molar-refractivity contribution >= 4 is 11.1 Å². The minimum Gasteiger partial charge on any atom is -0.332 e. The number of aromatic nitrogens is 2. The van der Waals surface area contributed by atoms with E-state index < -0.39 is 0 Å². The fourth-order valence-electron chi connectivity index (χ4n) is 1.72. The predicted octanol–water partition coefficient (Wildman–Crippen LogP) is 1.18. The Kier molecular flexibility index (Phi) is 2.34. The summed E-state index contributed by atoms with van der Waals surface area (Å²) in [4.78, 5) is 4.52. The minimum absolute atomic E-state index is 0.0462. The molecule has 0 atom stereocenters. The second-order valence-corrected chi connectivity index (χ2v) is 5.99. The number of rotatable bonds is 1. The Hall–Kier alpha value is -0.480. The second-order valence-electron chi connectivity index (χ2n) is 3.73. The van der Waals surface area contributed by atoms with E-state index in [2.05, 4.69) is 39.5 Å². The standard InChI is InChI=1S/C9H17N3S/c1-8-6-11-4-5-12(13(2)3)7-9(11)10-8/h6,13H,4-5,7H2,1-3H3. The zero-order valence-electron chi connectivity index (χ0n) is 8.49. The summed E-state index contributed by atoms with van der Waals surface area (Å²) in [6.07, 6.45) is 6.77. The second kappa shape index (κ2) is 3.35. The Morgan fingerprint density at radius 1 is 1.38 bits per heavy atom. The molecule has 1 aliphatic heterocycles. The fraction of sp³-hybridized carbons (Fsp3) is 0.667. The Balaban J connectivity index is 2.19. The summed E-state index contributed by atoms with van der Waals surface area (Å²) in [7, 11) is 0. The Morgan fingerprint density at radius 2 is 2.15 bits per heavy atom. The smallest absolute Gasteiger partial charge is 0.124 e. The Morgan fingerprint density at radius 3 is 2.85 bits per heavy atom. The molecule has 0 saturated heterocycles. The van der Waals surface area contributed by atoms with Crippen LogP contribution in [0.5, 0.6) is 0 Å². The van der Waals surface area contributed by atoms with Crippen LogP contribution in [-0.4, -0.2) is 32.9 Å². The summed E-state index contributed by atoms with van der Waals surface area (Å²) in [5.41, 5.74) is 1.15. The first kappa shape index (κ1) is 9.09. The summed E-state index contributed by atoms with van der Waals surface area (Å²) >= 11 is 0.0462. The van der Waals surface area contributed by atoms with Crippen LogP contribution in [0.15, 0.2) is 6.20 Å².